The van der Waals surface area contributed by atoms with Crippen molar-refractivity contribution in [2.45, 2.75) is 59.3 Å². The van der Waals surface area contributed by atoms with Crippen LogP contribution in [-0.2, 0) is 11.8 Å². The lowest BCUT2D eigenvalue weighted by Gasteiger charge is -2.21. The molecule has 0 aromatic heterocycles. The van der Waals surface area contributed by atoms with Crippen molar-refractivity contribution in [1.82, 2.24) is 0 Å². The van der Waals surface area contributed by atoms with E-state index in [0.717, 1.165) is 6.42 Å². The molecule has 118 valence electrons. The number of benzene rings is 2. The molecular weight excluding hydrogens is 332 g/mol. The van der Waals surface area contributed by atoms with E-state index in [1.807, 2.05) is 0 Å². The normalized spacial score (nSPS) is 13.2. The smallest absolute Gasteiger partial charge is 0.0239 e. The average Bonchev–Trinajstić information content (AvgIpc) is 2.46. The average molecular weight is 359 g/mol. The van der Waals surface area contributed by atoms with E-state index in [1.165, 1.54) is 32.3 Å². The van der Waals surface area contributed by atoms with Crippen LogP contribution in [0.2, 0.25) is 0 Å². The molecule has 2 aromatic rings. The van der Waals surface area contributed by atoms with Crippen LogP contribution in [0, 0.1) is 13.8 Å². The Morgan fingerprint density at radius 1 is 0.909 bits per heavy atom. The maximum atomic E-state index is 3.77. The van der Waals surface area contributed by atoms with Crippen molar-refractivity contribution in [2.75, 3.05) is 0 Å². The molecular formula is C21H27Br. The molecule has 0 nitrogen and oxygen atoms in total. The summed E-state index contributed by atoms with van der Waals surface area (Å²) in [4.78, 5) is 0. The highest BCUT2D eigenvalue weighted by Crippen LogP contribution is 2.31. The number of aryl methyl sites for hydroxylation is 2. The van der Waals surface area contributed by atoms with Crippen LogP contribution >= 0.6 is 15.9 Å². The van der Waals surface area contributed by atoms with Crippen LogP contribution in [0.3, 0.4) is 0 Å². The van der Waals surface area contributed by atoms with E-state index in [-0.39, 0.29) is 5.41 Å². The topological polar surface area (TPSA) is 0 Å². The maximum absolute atomic E-state index is 3.77. The van der Waals surface area contributed by atoms with Gasteiger partial charge < -0.3 is 0 Å². The van der Waals surface area contributed by atoms with Gasteiger partial charge in [-0.05, 0) is 59.4 Å². The second-order valence-corrected chi connectivity index (χ2v) is 8.26. The summed E-state index contributed by atoms with van der Waals surface area (Å²) in [6.07, 6.45) is 1.07. The zero-order valence-electron chi connectivity index (χ0n) is 14.6. The van der Waals surface area contributed by atoms with Gasteiger partial charge in [0.15, 0.2) is 0 Å². The molecule has 0 spiro atoms. The molecule has 0 heterocycles. The van der Waals surface area contributed by atoms with Gasteiger partial charge in [-0.25, -0.2) is 0 Å². The lowest BCUT2D eigenvalue weighted by Crippen LogP contribution is -2.11. The summed E-state index contributed by atoms with van der Waals surface area (Å²) < 4.78 is 1.27. The molecule has 0 amide bonds. The molecule has 1 heteroatoms. The van der Waals surface area contributed by atoms with Crippen molar-refractivity contribution in [3.05, 3.63) is 68.7 Å². The minimum atomic E-state index is 0.220. The van der Waals surface area contributed by atoms with Gasteiger partial charge in [-0.2, -0.15) is 0 Å². The highest BCUT2D eigenvalue weighted by Gasteiger charge is 2.15. The zero-order chi connectivity index (χ0) is 16.5. The summed E-state index contributed by atoms with van der Waals surface area (Å²) in [5.41, 5.74) is 7.16. The predicted octanol–water partition coefficient (Wildman–Crippen LogP) is 6.71. The van der Waals surface area contributed by atoms with Gasteiger partial charge in [-0.15, -0.1) is 0 Å². The van der Waals surface area contributed by atoms with Crippen molar-refractivity contribution in [2.24, 2.45) is 0 Å². The van der Waals surface area contributed by atoms with Crippen molar-refractivity contribution >= 4 is 15.9 Å². The Morgan fingerprint density at radius 2 is 1.45 bits per heavy atom. The van der Waals surface area contributed by atoms with E-state index in [0.29, 0.717) is 5.92 Å². The number of halogens is 1. The van der Waals surface area contributed by atoms with Crippen molar-refractivity contribution in [1.29, 1.82) is 0 Å². The largest absolute Gasteiger partial charge is 0.0587 e. The van der Waals surface area contributed by atoms with Crippen LogP contribution in [-0.4, -0.2) is 0 Å². The van der Waals surface area contributed by atoms with Crippen molar-refractivity contribution in [3.63, 3.8) is 0 Å². The number of hydrogen-bond acceptors (Lipinski definition) is 0. The Hall–Kier alpha value is -1.08. The standard InChI is InChI=1S/C21H27Br/c1-14-7-8-15(2)20(22)19(14)13-16(3)17-9-11-18(12-10-17)21(4,5)6/h7-12,16H,13H2,1-6H3. The lowest BCUT2D eigenvalue weighted by atomic mass is 9.84. The minimum absolute atomic E-state index is 0.220. The first-order valence-corrected chi connectivity index (χ1v) is 8.84. The zero-order valence-corrected chi connectivity index (χ0v) is 16.2. The molecule has 22 heavy (non-hydrogen) atoms. The summed E-state index contributed by atoms with van der Waals surface area (Å²) in [5.74, 6) is 0.519. The third kappa shape index (κ3) is 3.81. The van der Waals surface area contributed by atoms with Gasteiger partial charge in [0.25, 0.3) is 0 Å². The van der Waals surface area contributed by atoms with Crippen LogP contribution in [0.15, 0.2) is 40.9 Å². The first-order chi connectivity index (χ1) is 10.2. The summed E-state index contributed by atoms with van der Waals surface area (Å²) in [6, 6.07) is 13.6. The second-order valence-electron chi connectivity index (χ2n) is 7.47. The Kier molecular flexibility index (Phi) is 5.17. The Bertz CT molecular complexity index is 645. The molecule has 0 aliphatic heterocycles. The van der Waals surface area contributed by atoms with E-state index >= 15 is 0 Å². The van der Waals surface area contributed by atoms with E-state index in [1.54, 1.807) is 0 Å². The van der Waals surface area contributed by atoms with Crippen LogP contribution in [0.5, 0.6) is 0 Å². The predicted molar refractivity (Wildman–Crippen MR) is 101 cm³/mol. The second kappa shape index (κ2) is 6.58. The van der Waals surface area contributed by atoms with Gasteiger partial charge >= 0.3 is 0 Å². The van der Waals surface area contributed by atoms with E-state index in [2.05, 4.69) is 93.9 Å². The summed E-state index contributed by atoms with van der Waals surface area (Å²) in [6.45, 7) is 13.5. The van der Waals surface area contributed by atoms with Gasteiger partial charge in [0.2, 0.25) is 0 Å². The molecule has 0 N–H and O–H groups in total. The Morgan fingerprint density at radius 3 is 2.00 bits per heavy atom. The quantitative estimate of drug-likeness (QED) is 0.571. The van der Waals surface area contributed by atoms with Crippen molar-refractivity contribution in [3.8, 4) is 0 Å². The van der Waals surface area contributed by atoms with E-state index in [9.17, 15) is 0 Å². The first kappa shape index (κ1) is 17.3. The van der Waals surface area contributed by atoms with Gasteiger partial charge in [0, 0.05) is 4.47 Å². The molecule has 1 atom stereocenters. The molecule has 0 aliphatic carbocycles. The fourth-order valence-electron chi connectivity index (χ4n) is 2.82. The van der Waals surface area contributed by atoms with Gasteiger partial charge in [0.1, 0.15) is 0 Å². The molecule has 2 rings (SSSR count). The number of rotatable bonds is 3. The third-order valence-corrected chi connectivity index (χ3v) is 5.63. The Labute approximate surface area is 144 Å². The highest BCUT2D eigenvalue weighted by atomic mass is 79.9. The first-order valence-electron chi connectivity index (χ1n) is 8.05. The summed E-state index contributed by atoms with van der Waals surface area (Å²) >= 11 is 3.77. The van der Waals surface area contributed by atoms with Gasteiger partial charge in [0.05, 0.1) is 0 Å². The molecule has 0 bridgehead atoms. The van der Waals surface area contributed by atoms with Gasteiger partial charge in [-0.1, -0.05) is 80.0 Å². The molecule has 1 unspecified atom stereocenters. The SMILES string of the molecule is Cc1ccc(C)c(CC(C)c2ccc(C(C)(C)C)cc2)c1Br. The Balaban J connectivity index is 2.23. The van der Waals surface area contributed by atoms with Crippen LogP contribution in [0.1, 0.15) is 61.4 Å². The molecule has 0 radical (unpaired) electrons. The monoisotopic (exact) mass is 358 g/mol. The minimum Gasteiger partial charge on any atom is -0.0587 e. The van der Waals surface area contributed by atoms with Crippen LogP contribution in [0.4, 0.5) is 0 Å². The van der Waals surface area contributed by atoms with E-state index < -0.39 is 0 Å². The highest BCUT2D eigenvalue weighted by molar-refractivity contribution is 9.10. The van der Waals surface area contributed by atoms with Gasteiger partial charge in [-0.3, -0.25) is 0 Å². The fourth-order valence-corrected chi connectivity index (χ4v) is 3.43. The lowest BCUT2D eigenvalue weighted by molar-refractivity contribution is 0.589. The third-order valence-electron chi connectivity index (χ3n) is 4.53. The maximum Gasteiger partial charge on any atom is 0.0239 e. The fraction of sp³-hybridized carbons (Fsp3) is 0.429. The summed E-state index contributed by atoms with van der Waals surface area (Å²) in [7, 11) is 0. The molecule has 0 saturated heterocycles. The van der Waals surface area contributed by atoms with Crippen molar-refractivity contribution < 1.29 is 0 Å². The molecule has 2 aromatic carbocycles. The summed E-state index contributed by atoms with van der Waals surface area (Å²) in [5, 5.41) is 0. The van der Waals surface area contributed by atoms with E-state index in [4.69, 9.17) is 0 Å². The molecule has 0 aliphatic rings. The van der Waals surface area contributed by atoms with Crippen LogP contribution < -0.4 is 0 Å². The molecule has 0 saturated carbocycles. The van der Waals surface area contributed by atoms with Crippen LogP contribution in [0.25, 0.3) is 0 Å². The molecule has 0 fully saturated rings. The number of hydrogen-bond donors (Lipinski definition) is 0.